The molecule has 0 spiro atoms. The van der Waals surface area contributed by atoms with E-state index in [9.17, 15) is 9.59 Å². The topological polar surface area (TPSA) is 103 Å². The molecule has 0 atom stereocenters. The Balaban J connectivity index is 2.47. The van der Waals surface area contributed by atoms with E-state index in [1.54, 1.807) is 0 Å². The molecule has 7 nitrogen and oxygen atoms in total. The van der Waals surface area contributed by atoms with Crippen molar-refractivity contribution in [3.8, 4) is 0 Å². The van der Waals surface area contributed by atoms with Crippen LogP contribution in [0.2, 0.25) is 0 Å². The summed E-state index contributed by atoms with van der Waals surface area (Å²) in [6.45, 7) is 6.36. The standard InChI is InChI=1S/C11H19N5O2S/c1-7(2)4-5-13-9(17)6-19-11-15-14-8(3)10(18)16(11)12/h7H,4-6,12H2,1-3H3,(H,13,17). The van der Waals surface area contributed by atoms with Gasteiger partial charge >= 0.3 is 0 Å². The molecular formula is C11H19N5O2S. The molecule has 1 aromatic rings. The second-order valence-electron chi connectivity index (χ2n) is 4.56. The van der Waals surface area contributed by atoms with E-state index >= 15 is 0 Å². The van der Waals surface area contributed by atoms with Crippen LogP contribution in [0.25, 0.3) is 0 Å². The molecule has 1 aromatic heterocycles. The van der Waals surface area contributed by atoms with Crippen LogP contribution in [0.3, 0.4) is 0 Å². The third-order valence-electron chi connectivity index (χ3n) is 2.40. The normalized spacial score (nSPS) is 10.7. The Morgan fingerprint density at radius 1 is 1.47 bits per heavy atom. The van der Waals surface area contributed by atoms with E-state index in [1.807, 2.05) is 0 Å². The summed E-state index contributed by atoms with van der Waals surface area (Å²) in [6.07, 6.45) is 0.933. The maximum atomic E-state index is 11.6. The average molecular weight is 285 g/mol. The van der Waals surface area contributed by atoms with Crippen LogP contribution in [0.4, 0.5) is 0 Å². The minimum atomic E-state index is -0.405. The first kappa shape index (κ1) is 15.5. The summed E-state index contributed by atoms with van der Waals surface area (Å²) in [5, 5.41) is 10.5. The number of nitrogens with two attached hydrogens (primary N) is 1. The quantitative estimate of drug-likeness (QED) is 0.559. The molecule has 0 aliphatic heterocycles. The minimum absolute atomic E-state index is 0.111. The number of hydrogen-bond acceptors (Lipinski definition) is 6. The fourth-order valence-electron chi connectivity index (χ4n) is 1.25. The van der Waals surface area contributed by atoms with Gasteiger partial charge in [-0.1, -0.05) is 25.6 Å². The van der Waals surface area contributed by atoms with Crippen LogP contribution in [0, 0.1) is 12.8 Å². The Morgan fingerprint density at radius 3 is 2.79 bits per heavy atom. The molecule has 8 heteroatoms. The van der Waals surface area contributed by atoms with Crippen LogP contribution in [0.15, 0.2) is 9.95 Å². The number of aromatic nitrogens is 3. The molecule has 19 heavy (non-hydrogen) atoms. The molecule has 1 amide bonds. The highest BCUT2D eigenvalue weighted by atomic mass is 32.2. The van der Waals surface area contributed by atoms with Crippen LogP contribution in [0.1, 0.15) is 26.0 Å². The first-order chi connectivity index (χ1) is 8.91. The lowest BCUT2D eigenvalue weighted by Crippen LogP contribution is -2.33. The van der Waals surface area contributed by atoms with Crippen molar-refractivity contribution >= 4 is 17.7 Å². The van der Waals surface area contributed by atoms with Crippen molar-refractivity contribution in [1.29, 1.82) is 0 Å². The van der Waals surface area contributed by atoms with E-state index in [1.165, 1.54) is 6.92 Å². The molecule has 0 saturated heterocycles. The minimum Gasteiger partial charge on any atom is -0.355 e. The summed E-state index contributed by atoms with van der Waals surface area (Å²) in [5.41, 5.74) is -0.175. The molecule has 1 rings (SSSR count). The average Bonchev–Trinajstić information content (AvgIpc) is 2.35. The van der Waals surface area contributed by atoms with Gasteiger partial charge in [0.25, 0.3) is 5.56 Å². The van der Waals surface area contributed by atoms with Crippen molar-refractivity contribution in [2.24, 2.45) is 5.92 Å². The van der Waals surface area contributed by atoms with Gasteiger partial charge in [0.1, 0.15) is 5.69 Å². The molecule has 3 N–H and O–H groups in total. The van der Waals surface area contributed by atoms with Crippen LogP contribution >= 0.6 is 11.8 Å². The lowest BCUT2D eigenvalue weighted by molar-refractivity contribution is -0.118. The molecule has 0 unspecified atom stereocenters. The van der Waals surface area contributed by atoms with Gasteiger partial charge in [-0.3, -0.25) is 9.59 Å². The zero-order valence-electron chi connectivity index (χ0n) is 11.3. The zero-order valence-corrected chi connectivity index (χ0v) is 12.2. The number of thioether (sulfide) groups is 1. The molecule has 0 fully saturated rings. The van der Waals surface area contributed by atoms with E-state index in [2.05, 4.69) is 29.4 Å². The van der Waals surface area contributed by atoms with Gasteiger partial charge in [0.2, 0.25) is 11.1 Å². The van der Waals surface area contributed by atoms with Crippen LogP contribution < -0.4 is 16.7 Å². The number of aryl methyl sites for hydroxylation is 1. The summed E-state index contributed by atoms with van der Waals surface area (Å²) in [6, 6.07) is 0. The molecule has 106 valence electrons. The number of carbonyl (C=O) groups is 1. The second kappa shape index (κ2) is 7.13. The number of nitrogens with zero attached hydrogens (tertiary/aromatic N) is 3. The van der Waals surface area contributed by atoms with Gasteiger partial charge in [-0.25, -0.2) is 0 Å². The number of hydrogen-bond donors (Lipinski definition) is 2. The van der Waals surface area contributed by atoms with Crippen molar-refractivity contribution in [2.75, 3.05) is 18.1 Å². The lowest BCUT2D eigenvalue weighted by atomic mass is 10.1. The maximum absolute atomic E-state index is 11.6. The number of rotatable bonds is 6. The predicted molar refractivity (Wildman–Crippen MR) is 74.4 cm³/mol. The predicted octanol–water partition coefficient (Wildman–Crippen LogP) is -0.0851. The van der Waals surface area contributed by atoms with E-state index in [-0.39, 0.29) is 22.5 Å². The van der Waals surface area contributed by atoms with Crippen LogP contribution in [-0.2, 0) is 4.79 Å². The van der Waals surface area contributed by atoms with Crippen molar-refractivity contribution < 1.29 is 4.79 Å². The molecule has 0 aliphatic carbocycles. The Morgan fingerprint density at radius 2 is 2.16 bits per heavy atom. The van der Waals surface area contributed by atoms with Gasteiger partial charge in [-0.2, -0.15) is 4.68 Å². The lowest BCUT2D eigenvalue weighted by Gasteiger charge is -2.08. The third-order valence-corrected chi connectivity index (χ3v) is 3.34. The SMILES string of the molecule is Cc1nnc(SCC(=O)NCCC(C)C)n(N)c1=O. The van der Waals surface area contributed by atoms with Gasteiger partial charge in [0.05, 0.1) is 5.75 Å². The second-order valence-corrected chi connectivity index (χ2v) is 5.51. The largest absolute Gasteiger partial charge is 0.355 e. The Labute approximate surface area is 115 Å². The summed E-state index contributed by atoms with van der Waals surface area (Å²) in [5.74, 6) is 6.15. The number of amides is 1. The summed E-state index contributed by atoms with van der Waals surface area (Å²) in [4.78, 5) is 23.1. The Hall–Kier alpha value is -1.57. The highest BCUT2D eigenvalue weighted by Gasteiger charge is 2.10. The fourth-order valence-corrected chi connectivity index (χ4v) is 1.93. The molecule has 0 bridgehead atoms. The summed E-state index contributed by atoms with van der Waals surface area (Å²) < 4.78 is 0.911. The smallest absolute Gasteiger partial charge is 0.294 e. The van der Waals surface area contributed by atoms with E-state index in [4.69, 9.17) is 5.84 Å². The highest BCUT2D eigenvalue weighted by Crippen LogP contribution is 2.10. The number of nitrogens with one attached hydrogen (secondary N) is 1. The maximum Gasteiger partial charge on any atom is 0.294 e. The van der Waals surface area contributed by atoms with Gasteiger partial charge in [-0.15, -0.1) is 10.2 Å². The molecule has 0 aromatic carbocycles. The molecular weight excluding hydrogens is 266 g/mol. The summed E-state index contributed by atoms with van der Waals surface area (Å²) >= 11 is 1.09. The first-order valence-corrected chi connectivity index (χ1v) is 7.01. The van der Waals surface area contributed by atoms with Crippen molar-refractivity contribution in [1.82, 2.24) is 20.2 Å². The molecule has 0 aliphatic rings. The first-order valence-electron chi connectivity index (χ1n) is 6.02. The Bertz CT molecular complexity index is 500. The van der Waals surface area contributed by atoms with Crippen molar-refractivity contribution in [3.05, 3.63) is 16.0 Å². The van der Waals surface area contributed by atoms with Gasteiger partial charge < -0.3 is 11.2 Å². The van der Waals surface area contributed by atoms with E-state index < -0.39 is 5.56 Å². The zero-order chi connectivity index (χ0) is 14.4. The fraction of sp³-hybridized carbons (Fsp3) is 0.636. The van der Waals surface area contributed by atoms with Crippen molar-refractivity contribution in [3.63, 3.8) is 0 Å². The Kier molecular flexibility index (Phi) is 5.81. The monoisotopic (exact) mass is 285 g/mol. The van der Waals surface area contributed by atoms with E-state index in [0.29, 0.717) is 12.5 Å². The third kappa shape index (κ3) is 4.90. The van der Waals surface area contributed by atoms with Gasteiger partial charge in [0.15, 0.2) is 0 Å². The van der Waals surface area contributed by atoms with E-state index in [0.717, 1.165) is 22.9 Å². The summed E-state index contributed by atoms with van der Waals surface area (Å²) in [7, 11) is 0. The van der Waals surface area contributed by atoms with Gasteiger partial charge in [0, 0.05) is 6.54 Å². The number of carbonyl (C=O) groups excluding carboxylic acids is 1. The van der Waals surface area contributed by atoms with Gasteiger partial charge in [-0.05, 0) is 19.3 Å². The van der Waals surface area contributed by atoms with Crippen molar-refractivity contribution in [2.45, 2.75) is 32.3 Å². The number of nitrogen functional groups attached to an aromatic ring is 1. The molecule has 0 radical (unpaired) electrons. The van der Waals surface area contributed by atoms with Crippen LogP contribution in [0.5, 0.6) is 0 Å². The highest BCUT2D eigenvalue weighted by molar-refractivity contribution is 7.99. The molecule has 0 saturated carbocycles. The van der Waals surface area contributed by atoms with Crippen LogP contribution in [-0.4, -0.2) is 33.1 Å². The molecule has 1 heterocycles.